The van der Waals surface area contributed by atoms with Crippen molar-refractivity contribution < 1.29 is 9.13 Å². The van der Waals surface area contributed by atoms with E-state index in [1.807, 2.05) is 11.3 Å². The smallest absolute Gasteiger partial charge is 0.191 e. The molecule has 0 radical (unpaired) electrons. The second kappa shape index (κ2) is 15.6. The molecule has 0 amide bonds. The lowest BCUT2D eigenvalue weighted by atomic mass is 9.82. The van der Waals surface area contributed by atoms with E-state index in [4.69, 9.17) is 6.58 Å². The van der Waals surface area contributed by atoms with Gasteiger partial charge in [0.1, 0.15) is 5.70 Å². The van der Waals surface area contributed by atoms with Gasteiger partial charge in [0.15, 0.2) is 22.9 Å². The second-order valence-corrected chi connectivity index (χ2v) is 24.9. The number of allylic oxidation sites excluding steroid dienone is 4. The fourth-order valence-electron chi connectivity index (χ4n) is 11.5. The summed E-state index contributed by atoms with van der Waals surface area (Å²) < 4.78 is 10.5. The van der Waals surface area contributed by atoms with Crippen LogP contribution in [0.5, 0.6) is 0 Å². The summed E-state index contributed by atoms with van der Waals surface area (Å²) in [6.45, 7) is 22.5. The summed E-state index contributed by atoms with van der Waals surface area (Å²) in [5.41, 5.74) is 14.8. The summed E-state index contributed by atoms with van der Waals surface area (Å²) in [6, 6.07) is 36.7. The molecule has 0 N–H and O–H groups in total. The molecule has 3 nitrogen and oxygen atoms in total. The van der Waals surface area contributed by atoms with Gasteiger partial charge < -0.3 is 0 Å². The van der Waals surface area contributed by atoms with Crippen LogP contribution in [0, 0.1) is 5.92 Å². The first-order chi connectivity index (χ1) is 29.2. The van der Waals surface area contributed by atoms with Crippen LogP contribution in [0.3, 0.4) is 0 Å². The van der Waals surface area contributed by atoms with Crippen LogP contribution in [0.4, 0.5) is 0 Å². The van der Waals surface area contributed by atoms with Crippen LogP contribution in [-0.4, -0.2) is 12.6 Å². The van der Waals surface area contributed by atoms with Crippen molar-refractivity contribution in [2.24, 2.45) is 5.92 Å². The van der Waals surface area contributed by atoms with Crippen LogP contribution in [-0.2, 0) is 13.0 Å². The number of nitrogens with zero attached hydrogens (tertiary/aromatic N) is 3. The van der Waals surface area contributed by atoms with Crippen molar-refractivity contribution in [2.75, 3.05) is 0 Å². The third-order valence-corrected chi connectivity index (χ3v) is 19.2. The van der Waals surface area contributed by atoms with Crippen molar-refractivity contribution in [3.63, 3.8) is 0 Å². The number of thiophene rings is 1. The maximum absolute atomic E-state index is 5.12. The molecule has 1 aliphatic carbocycles. The minimum Gasteiger partial charge on any atom is -0.191 e. The van der Waals surface area contributed by atoms with Crippen LogP contribution < -0.4 is 14.3 Å². The summed E-state index contributed by atoms with van der Waals surface area (Å²) in [5.74, 6) is 2.65. The standard InChI is InChI=1S/C55H61N3SSi/c1-8-41(36(3)4)48(9-2)58-50-25-17-16-24-49(50)57-37(5)34-56-35-54-45(38-19-11-10-12-20-38)33-51(56)43-22-14-13-21-42(43)39(29-30-60(54,6)7)27-28-40-31-53-47(32-46(40)55(57)58)44-23-15-18-26-52(44)59-53/h8,13-18,21-26,31-33,35-36,38-39H,1,5,9-12,19-20,27-30,34H2,2-4,6-7H3/q+2/b48-41-. The summed E-state index contributed by atoms with van der Waals surface area (Å²) in [7, 11) is -1.86. The zero-order valence-corrected chi connectivity index (χ0v) is 38.3. The first kappa shape index (κ1) is 39.3. The third-order valence-electron chi connectivity index (χ3n) is 14.6. The number of hydrogen-bond donors (Lipinski definition) is 0. The highest BCUT2D eigenvalue weighted by molar-refractivity contribution is 7.25. The van der Waals surface area contributed by atoms with Gasteiger partial charge in [-0.1, -0.05) is 120 Å². The van der Waals surface area contributed by atoms with Gasteiger partial charge in [0.05, 0.1) is 13.6 Å². The number of fused-ring (bicyclic) bond motifs is 11. The summed E-state index contributed by atoms with van der Waals surface area (Å²) >= 11 is 1.94. The minimum absolute atomic E-state index is 0.326. The number of imidazole rings is 1. The van der Waals surface area contributed by atoms with Gasteiger partial charge in [0, 0.05) is 43.4 Å². The van der Waals surface area contributed by atoms with Crippen molar-refractivity contribution >= 4 is 67.2 Å². The van der Waals surface area contributed by atoms with Gasteiger partial charge in [-0.15, -0.1) is 11.3 Å². The van der Waals surface area contributed by atoms with E-state index in [1.165, 1.54) is 121 Å². The lowest BCUT2D eigenvalue weighted by Crippen LogP contribution is -2.51. The molecule has 1 atom stereocenters. The fraction of sp³-hybridized carbons (Fsp3) is 0.345. The van der Waals surface area contributed by atoms with Crippen molar-refractivity contribution in [3.05, 3.63) is 139 Å². The summed E-state index contributed by atoms with van der Waals surface area (Å²) in [6.07, 6.45) is 15.7. The maximum atomic E-state index is 5.12. The lowest BCUT2D eigenvalue weighted by molar-refractivity contribution is -0.673. The molecular formula is C55H61N3SSi+2. The van der Waals surface area contributed by atoms with E-state index in [1.54, 1.807) is 10.8 Å². The molecular weight excluding hydrogens is 763 g/mol. The van der Waals surface area contributed by atoms with Crippen LogP contribution in [0.2, 0.25) is 19.1 Å². The Bertz CT molecular complexity index is 2880. The first-order valence-corrected chi connectivity index (χ1v) is 26.9. The van der Waals surface area contributed by atoms with E-state index < -0.39 is 8.07 Å². The number of para-hydroxylation sites is 2. The topological polar surface area (TPSA) is 12.7 Å². The highest BCUT2D eigenvalue weighted by Crippen LogP contribution is 2.44. The van der Waals surface area contributed by atoms with Crippen molar-refractivity contribution in [3.8, 4) is 22.6 Å². The molecule has 3 aromatic heterocycles. The van der Waals surface area contributed by atoms with E-state index in [0.29, 0.717) is 24.3 Å². The molecule has 3 aliphatic heterocycles. The van der Waals surface area contributed by atoms with Crippen LogP contribution >= 0.6 is 11.3 Å². The zero-order chi connectivity index (χ0) is 41.3. The second-order valence-electron chi connectivity index (χ2n) is 19.0. The van der Waals surface area contributed by atoms with Crippen LogP contribution in [0.15, 0.2) is 122 Å². The molecule has 4 aromatic carbocycles. The molecule has 6 heterocycles. The molecule has 1 unspecified atom stereocenters. The number of aryl methyl sites for hydroxylation is 1. The molecule has 304 valence electrons. The van der Waals surface area contributed by atoms with Gasteiger partial charge in [-0.05, 0) is 115 Å². The van der Waals surface area contributed by atoms with Crippen LogP contribution in [0.25, 0.3) is 65.2 Å². The van der Waals surface area contributed by atoms with Gasteiger partial charge in [0.25, 0.3) is 5.82 Å². The molecule has 1 fully saturated rings. The Hall–Kier alpha value is -4.84. The fourth-order valence-corrected chi connectivity index (χ4v) is 15.6. The Kier molecular flexibility index (Phi) is 10.2. The molecule has 0 spiro atoms. The largest absolute Gasteiger partial charge is 0.300 e. The van der Waals surface area contributed by atoms with E-state index in [0.717, 1.165) is 25.0 Å². The molecule has 4 aliphatic rings. The SMILES string of the molecule is C=C/C(=C(\CC)[n+]1c2n(c3ccccc31)C(=C)C[n+]1cc3c(C4CCCCC4)cc1-c1ccccc1C(CCc1cc4sc5ccccc5c4cc1-2)CC[Si]3(C)C)C(C)C. The first-order valence-electron chi connectivity index (χ1n) is 22.9. The van der Waals surface area contributed by atoms with Crippen molar-refractivity contribution in [1.82, 2.24) is 4.57 Å². The van der Waals surface area contributed by atoms with E-state index in [9.17, 15) is 0 Å². The Morgan fingerprint density at radius 1 is 0.833 bits per heavy atom. The van der Waals surface area contributed by atoms with E-state index in [-0.39, 0.29) is 0 Å². The van der Waals surface area contributed by atoms with Gasteiger partial charge in [0.2, 0.25) is 12.2 Å². The van der Waals surface area contributed by atoms with E-state index >= 15 is 0 Å². The van der Waals surface area contributed by atoms with Gasteiger partial charge in [-0.25, -0.2) is 0 Å². The van der Waals surface area contributed by atoms with Gasteiger partial charge in [-0.3, -0.25) is 0 Å². The van der Waals surface area contributed by atoms with Gasteiger partial charge >= 0.3 is 0 Å². The Morgan fingerprint density at radius 3 is 2.38 bits per heavy atom. The Balaban J connectivity index is 1.33. The zero-order valence-electron chi connectivity index (χ0n) is 36.5. The molecule has 5 heteroatoms. The minimum atomic E-state index is -1.86. The molecule has 0 saturated heterocycles. The molecule has 60 heavy (non-hydrogen) atoms. The quantitative estimate of drug-likeness (QED) is 0.0932. The summed E-state index contributed by atoms with van der Waals surface area (Å²) in [4.78, 5) is 0. The Labute approximate surface area is 362 Å². The highest BCUT2D eigenvalue weighted by atomic mass is 32.1. The highest BCUT2D eigenvalue weighted by Gasteiger charge is 2.40. The molecule has 7 aromatic rings. The normalized spacial score (nSPS) is 18.6. The monoisotopic (exact) mass is 823 g/mol. The molecule has 11 rings (SSSR count). The average Bonchev–Trinajstić information content (AvgIpc) is 3.80. The van der Waals surface area contributed by atoms with Gasteiger partial charge in [-0.2, -0.15) is 13.7 Å². The van der Waals surface area contributed by atoms with E-state index in [2.05, 4.69) is 157 Å². The maximum Gasteiger partial charge on any atom is 0.300 e. The lowest BCUT2D eigenvalue weighted by Gasteiger charge is -2.33. The van der Waals surface area contributed by atoms with Crippen molar-refractivity contribution in [1.29, 1.82) is 0 Å². The van der Waals surface area contributed by atoms with Crippen molar-refractivity contribution in [2.45, 2.75) is 116 Å². The van der Waals surface area contributed by atoms with Crippen LogP contribution in [0.1, 0.15) is 101 Å². The summed E-state index contributed by atoms with van der Waals surface area (Å²) in [5, 5.41) is 4.37. The number of pyridine rings is 1. The number of benzene rings is 4. The Morgan fingerprint density at radius 2 is 1.58 bits per heavy atom. The predicted octanol–water partition coefficient (Wildman–Crippen LogP) is 13.9. The predicted molar refractivity (Wildman–Crippen MR) is 260 cm³/mol. The molecule has 4 bridgehead atoms. The number of rotatable bonds is 5. The average molecular weight is 824 g/mol. The number of hydrogen-bond acceptors (Lipinski definition) is 1. The third kappa shape index (κ3) is 6.50. The number of aromatic nitrogens is 3. The molecule has 1 saturated carbocycles.